The zero-order chi connectivity index (χ0) is 14.9. The summed E-state index contributed by atoms with van der Waals surface area (Å²) < 4.78 is 5.44. The molecule has 0 radical (unpaired) electrons. The third-order valence-corrected chi connectivity index (χ3v) is 5.41. The molecule has 116 valence electrons. The van der Waals surface area contributed by atoms with E-state index in [9.17, 15) is 0 Å². The van der Waals surface area contributed by atoms with E-state index in [-0.39, 0.29) is 5.54 Å². The first kappa shape index (κ1) is 14.9. The van der Waals surface area contributed by atoms with Gasteiger partial charge >= 0.3 is 0 Å². The number of fused-ring (bicyclic) bond motifs is 1. The molecule has 3 unspecified atom stereocenters. The van der Waals surface area contributed by atoms with Gasteiger partial charge in [-0.15, -0.1) is 0 Å². The maximum atomic E-state index is 6.25. The van der Waals surface area contributed by atoms with Gasteiger partial charge in [-0.05, 0) is 67.7 Å². The van der Waals surface area contributed by atoms with Crippen LogP contribution in [-0.2, 0) is 12.0 Å². The quantitative estimate of drug-likeness (QED) is 0.895. The average molecular weight is 288 g/mol. The normalized spacial score (nSPS) is 32.0. The minimum atomic E-state index is -0.0587. The number of hydrogen-bond acceptors (Lipinski definition) is 3. The largest absolute Gasteiger partial charge is 0.497 e. The predicted molar refractivity (Wildman–Crippen MR) is 86.6 cm³/mol. The fraction of sp³-hybridized carbons (Fsp3) is 0.667. The highest BCUT2D eigenvalue weighted by molar-refractivity contribution is 5.42. The Labute approximate surface area is 128 Å². The van der Waals surface area contributed by atoms with Crippen LogP contribution in [0, 0.1) is 5.92 Å². The zero-order valence-electron chi connectivity index (χ0n) is 13.3. The molecule has 1 saturated carbocycles. The van der Waals surface area contributed by atoms with E-state index in [2.05, 4.69) is 30.4 Å². The maximum Gasteiger partial charge on any atom is 0.119 e. The molecule has 0 aliphatic heterocycles. The Balaban J connectivity index is 1.91. The van der Waals surface area contributed by atoms with Crippen LogP contribution in [-0.4, -0.2) is 19.7 Å². The van der Waals surface area contributed by atoms with Crippen LogP contribution in [0.15, 0.2) is 18.2 Å². The summed E-state index contributed by atoms with van der Waals surface area (Å²) in [5.41, 5.74) is 9.00. The molecule has 0 bridgehead atoms. The molecule has 3 nitrogen and oxygen atoms in total. The second-order valence-corrected chi connectivity index (χ2v) is 6.92. The van der Waals surface area contributed by atoms with E-state index < -0.39 is 0 Å². The molecule has 2 aliphatic carbocycles. The summed E-state index contributed by atoms with van der Waals surface area (Å²) in [7, 11) is 1.74. The van der Waals surface area contributed by atoms with Crippen molar-refractivity contribution in [3.63, 3.8) is 0 Å². The molecule has 3 atom stereocenters. The van der Waals surface area contributed by atoms with Crippen molar-refractivity contribution >= 4 is 0 Å². The smallest absolute Gasteiger partial charge is 0.119 e. The van der Waals surface area contributed by atoms with E-state index in [0.29, 0.717) is 12.6 Å². The standard InChI is InChI=1S/C18H28N2O/c1-13-5-7-15(10-13)20-18(12-19)9-3-4-14-6-8-16(21-2)11-17(14)18/h6,8,11,13,15,20H,3-5,7,9-10,12,19H2,1-2H3. The van der Waals surface area contributed by atoms with Crippen LogP contribution >= 0.6 is 0 Å². The number of nitrogens with one attached hydrogen (secondary N) is 1. The first-order valence-electron chi connectivity index (χ1n) is 8.32. The van der Waals surface area contributed by atoms with Gasteiger partial charge in [0.2, 0.25) is 0 Å². The number of aryl methyl sites for hydroxylation is 1. The molecule has 3 rings (SSSR count). The van der Waals surface area contributed by atoms with Gasteiger partial charge in [0.05, 0.1) is 12.6 Å². The van der Waals surface area contributed by atoms with Crippen LogP contribution < -0.4 is 15.8 Å². The average Bonchev–Trinajstić information content (AvgIpc) is 2.92. The number of ether oxygens (including phenoxy) is 1. The second kappa shape index (κ2) is 5.98. The molecule has 1 aromatic carbocycles. The fourth-order valence-corrected chi connectivity index (χ4v) is 4.21. The van der Waals surface area contributed by atoms with Crippen LogP contribution in [0.4, 0.5) is 0 Å². The Morgan fingerprint density at radius 3 is 2.90 bits per heavy atom. The van der Waals surface area contributed by atoms with Crippen molar-refractivity contribution < 1.29 is 4.74 Å². The Bertz CT molecular complexity index is 502. The molecule has 2 aliphatic rings. The Morgan fingerprint density at radius 1 is 1.38 bits per heavy atom. The van der Waals surface area contributed by atoms with Gasteiger partial charge in [-0.25, -0.2) is 0 Å². The summed E-state index contributed by atoms with van der Waals surface area (Å²) in [6, 6.07) is 7.10. The first-order valence-corrected chi connectivity index (χ1v) is 8.32. The lowest BCUT2D eigenvalue weighted by Crippen LogP contribution is -2.53. The van der Waals surface area contributed by atoms with E-state index in [0.717, 1.165) is 24.5 Å². The van der Waals surface area contributed by atoms with Gasteiger partial charge in [0.25, 0.3) is 0 Å². The van der Waals surface area contributed by atoms with Crippen LogP contribution in [0.3, 0.4) is 0 Å². The SMILES string of the molecule is COc1ccc2c(c1)C(CN)(NC1CCC(C)C1)CCC2. The highest BCUT2D eigenvalue weighted by atomic mass is 16.5. The molecule has 1 aromatic rings. The van der Waals surface area contributed by atoms with E-state index in [1.807, 2.05) is 0 Å². The van der Waals surface area contributed by atoms with Gasteiger partial charge in [-0.2, -0.15) is 0 Å². The highest BCUT2D eigenvalue weighted by Gasteiger charge is 2.38. The number of benzene rings is 1. The summed E-state index contributed by atoms with van der Waals surface area (Å²) >= 11 is 0. The maximum absolute atomic E-state index is 6.25. The van der Waals surface area contributed by atoms with E-state index in [1.54, 1.807) is 7.11 Å². The third-order valence-electron chi connectivity index (χ3n) is 5.41. The molecule has 0 heterocycles. The van der Waals surface area contributed by atoms with Crippen LogP contribution in [0.25, 0.3) is 0 Å². The van der Waals surface area contributed by atoms with Crippen molar-refractivity contribution in [1.29, 1.82) is 0 Å². The molecule has 3 heteroatoms. The predicted octanol–water partition coefficient (Wildman–Crippen LogP) is 2.96. The zero-order valence-corrected chi connectivity index (χ0v) is 13.3. The van der Waals surface area contributed by atoms with Gasteiger partial charge in [-0.3, -0.25) is 0 Å². The minimum absolute atomic E-state index is 0.0587. The Kier molecular flexibility index (Phi) is 4.23. The fourth-order valence-electron chi connectivity index (χ4n) is 4.21. The molecule has 3 N–H and O–H groups in total. The lowest BCUT2D eigenvalue weighted by molar-refractivity contribution is 0.254. The lowest BCUT2D eigenvalue weighted by Gasteiger charge is -2.41. The topological polar surface area (TPSA) is 47.3 Å². The molecule has 0 saturated heterocycles. The Hall–Kier alpha value is -1.06. The van der Waals surface area contributed by atoms with Crippen molar-refractivity contribution in [2.75, 3.05) is 13.7 Å². The molecule has 0 aromatic heterocycles. The Morgan fingerprint density at radius 2 is 2.24 bits per heavy atom. The first-order chi connectivity index (χ1) is 10.2. The van der Waals surface area contributed by atoms with Crippen LogP contribution in [0.2, 0.25) is 0 Å². The molecule has 21 heavy (non-hydrogen) atoms. The summed E-state index contributed by atoms with van der Waals surface area (Å²) in [4.78, 5) is 0. The summed E-state index contributed by atoms with van der Waals surface area (Å²) in [6.07, 6.45) is 7.40. The van der Waals surface area contributed by atoms with Gasteiger partial charge in [0, 0.05) is 12.6 Å². The van der Waals surface area contributed by atoms with Gasteiger partial charge in [0.15, 0.2) is 0 Å². The number of methoxy groups -OCH3 is 1. The molecular weight excluding hydrogens is 260 g/mol. The van der Waals surface area contributed by atoms with Crippen molar-refractivity contribution in [3.05, 3.63) is 29.3 Å². The van der Waals surface area contributed by atoms with Crippen molar-refractivity contribution in [2.45, 2.75) is 57.0 Å². The van der Waals surface area contributed by atoms with Gasteiger partial charge in [-0.1, -0.05) is 13.0 Å². The summed E-state index contributed by atoms with van der Waals surface area (Å²) in [5, 5.41) is 3.94. The van der Waals surface area contributed by atoms with Crippen molar-refractivity contribution in [2.24, 2.45) is 11.7 Å². The second-order valence-electron chi connectivity index (χ2n) is 6.92. The lowest BCUT2D eigenvalue weighted by atomic mass is 9.75. The number of rotatable bonds is 4. The van der Waals surface area contributed by atoms with Crippen molar-refractivity contribution in [1.82, 2.24) is 5.32 Å². The van der Waals surface area contributed by atoms with Crippen molar-refractivity contribution in [3.8, 4) is 5.75 Å². The third kappa shape index (κ3) is 2.82. The minimum Gasteiger partial charge on any atom is -0.497 e. The summed E-state index contributed by atoms with van der Waals surface area (Å²) in [5.74, 6) is 1.78. The monoisotopic (exact) mass is 288 g/mol. The molecular formula is C18H28N2O. The highest BCUT2D eigenvalue weighted by Crippen LogP contribution is 2.39. The van der Waals surface area contributed by atoms with E-state index in [1.165, 1.54) is 36.8 Å². The number of hydrogen-bond donors (Lipinski definition) is 2. The van der Waals surface area contributed by atoms with E-state index >= 15 is 0 Å². The van der Waals surface area contributed by atoms with E-state index in [4.69, 9.17) is 10.5 Å². The molecule has 0 amide bonds. The molecule has 0 spiro atoms. The molecule has 1 fully saturated rings. The van der Waals surface area contributed by atoms with Crippen LogP contribution in [0.1, 0.15) is 50.2 Å². The van der Waals surface area contributed by atoms with Gasteiger partial charge < -0.3 is 15.8 Å². The summed E-state index contributed by atoms with van der Waals surface area (Å²) in [6.45, 7) is 3.02. The number of nitrogens with two attached hydrogens (primary N) is 1. The van der Waals surface area contributed by atoms with Gasteiger partial charge in [0.1, 0.15) is 5.75 Å². The van der Waals surface area contributed by atoms with Crippen LogP contribution in [0.5, 0.6) is 5.75 Å².